The van der Waals surface area contributed by atoms with Gasteiger partial charge in [0, 0.05) is 11.6 Å². The van der Waals surface area contributed by atoms with E-state index in [1.165, 1.54) is 0 Å². The Hall–Kier alpha value is -2.49. The van der Waals surface area contributed by atoms with Crippen molar-refractivity contribution >= 4 is 11.6 Å². The lowest BCUT2D eigenvalue weighted by Gasteiger charge is -2.31. The first-order valence-corrected chi connectivity index (χ1v) is 6.64. The number of nitrogens with one attached hydrogen (secondary N) is 1. The Morgan fingerprint density at radius 2 is 2.00 bits per heavy atom. The molecule has 7 heteroatoms. The summed E-state index contributed by atoms with van der Waals surface area (Å²) >= 11 is 0. The van der Waals surface area contributed by atoms with Crippen LogP contribution in [0.15, 0.2) is 18.2 Å². The number of hydrogen-bond donors (Lipinski definition) is 1. The van der Waals surface area contributed by atoms with Crippen molar-refractivity contribution in [2.75, 3.05) is 0 Å². The topological polar surface area (TPSA) is 96.0 Å². The third-order valence-electron chi connectivity index (χ3n) is 3.63. The minimum Gasteiger partial charge on any atom is -0.334 e. The summed E-state index contributed by atoms with van der Waals surface area (Å²) < 4.78 is 13.4. The summed E-state index contributed by atoms with van der Waals surface area (Å²) in [5, 5.41) is 22.6. The van der Waals surface area contributed by atoms with Gasteiger partial charge in [0.25, 0.3) is 11.6 Å². The summed E-state index contributed by atoms with van der Waals surface area (Å²) in [6, 6.07) is 4.79. The van der Waals surface area contributed by atoms with Crippen LogP contribution in [0.2, 0.25) is 0 Å². The van der Waals surface area contributed by atoms with Crippen LogP contribution in [-0.2, 0) is 0 Å². The van der Waals surface area contributed by atoms with E-state index in [2.05, 4.69) is 11.4 Å². The Bertz CT molecular complexity index is 618. The number of nitro benzene ring substituents is 1. The van der Waals surface area contributed by atoms with E-state index in [0.717, 1.165) is 37.5 Å². The number of nitro groups is 1. The maximum Gasteiger partial charge on any atom is 0.273 e. The lowest BCUT2D eigenvalue weighted by Crippen LogP contribution is -2.48. The third kappa shape index (κ3) is 3.34. The van der Waals surface area contributed by atoms with Gasteiger partial charge in [-0.25, -0.2) is 4.39 Å². The summed E-state index contributed by atoms with van der Waals surface area (Å²) in [6.07, 6.45) is 3.73. The number of non-ortho nitro benzene ring substituents is 1. The standard InChI is InChI=1S/C14H14FN3O3/c15-11-6-10(7-12(8-11)18(20)21)13(19)17-14(9-16)4-2-1-3-5-14/h6-8H,1-5H2,(H,17,19). The summed E-state index contributed by atoms with van der Waals surface area (Å²) in [7, 11) is 0. The second-order valence-electron chi connectivity index (χ2n) is 5.16. The van der Waals surface area contributed by atoms with Crippen LogP contribution in [0.1, 0.15) is 42.5 Å². The Kier molecular flexibility index (Phi) is 4.17. The van der Waals surface area contributed by atoms with E-state index in [1.54, 1.807) is 0 Å². The molecule has 0 heterocycles. The van der Waals surface area contributed by atoms with Crippen LogP contribution < -0.4 is 5.32 Å². The third-order valence-corrected chi connectivity index (χ3v) is 3.63. The maximum atomic E-state index is 13.4. The lowest BCUT2D eigenvalue weighted by molar-refractivity contribution is -0.385. The van der Waals surface area contributed by atoms with Gasteiger partial charge in [-0.15, -0.1) is 0 Å². The van der Waals surface area contributed by atoms with Gasteiger partial charge in [-0.05, 0) is 18.9 Å². The van der Waals surface area contributed by atoms with Crippen molar-refractivity contribution in [3.8, 4) is 6.07 Å². The number of carbonyl (C=O) groups is 1. The molecule has 2 rings (SSSR count). The molecule has 1 fully saturated rings. The molecule has 1 amide bonds. The second-order valence-corrected chi connectivity index (χ2v) is 5.16. The molecule has 21 heavy (non-hydrogen) atoms. The van der Waals surface area contributed by atoms with Crippen molar-refractivity contribution in [1.82, 2.24) is 5.32 Å². The van der Waals surface area contributed by atoms with Gasteiger partial charge in [-0.3, -0.25) is 14.9 Å². The van der Waals surface area contributed by atoms with Gasteiger partial charge < -0.3 is 5.32 Å². The summed E-state index contributed by atoms with van der Waals surface area (Å²) in [4.78, 5) is 22.1. The van der Waals surface area contributed by atoms with Crippen LogP contribution in [-0.4, -0.2) is 16.4 Å². The SMILES string of the molecule is N#CC1(NC(=O)c2cc(F)cc([N+](=O)[O-])c2)CCCCC1. The van der Waals surface area contributed by atoms with Crippen molar-refractivity contribution < 1.29 is 14.1 Å². The van der Waals surface area contributed by atoms with E-state index < -0.39 is 27.9 Å². The normalized spacial score (nSPS) is 16.8. The van der Waals surface area contributed by atoms with Crippen molar-refractivity contribution in [1.29, 1.82) is 5.26 Å². The quantitative estimate of drug-likeness (QED) is 0.684. The number of nitrogens with zero attached hydrogens (tertiary/aromatic N) is 2. The van der Waals surface area contributed by atoms with E-state index in [-0.39, 0.29) is 5.56 Å². The van der Waals surface area contributed by atoms with E-state index in [0.29, 0.717) is 12.8 Å². The molecule has 1 aromatic carbocycles. The Labute approximate surface area is 120 Å². The number of nitriles is 1. The average molecular weight is 291 g/mol. The van der Waals surface area contributed by atoms with Gasteiger partial charge in [0.2, 0.25) is 0 Å². The first-order chi connectivity index (χ1) is 9.96. The van der Waals surface area contributed by atoms with E-state index in [1.807, 2.05) is 0 Å². The molecule has 0 saturated heterocycles. The first kappa shape index (κ1) is 14.9. The van der Waals surface area contributed by atoms with E-state index >= 15 is 0 Å². The summed E-state index contributed by atoms with van der Waals surface area (Å²) in [6.45, 7) is 0. The smallest absolute Gasteiger partial charge is 0.273 e. The highest BCUT2D eigenvalue weighted by molar-refractivity contribution is 5.95. The molecular weight excluding hydrogens is 277 g/mol. The van der Waals surface area contributed by atoms with Gasteiger partial charge in [-0.1, -0.05) is 19.3 Å². The summed E-state index contributed by atoms with van der Waals surface area (Å²) in [5.41, 5.74) is -1.60. The summed E-state index contributed by atoms with van der Waals surface area (Å²) in [5.74, 6) is -1.52. The molecule has 110 valence electrons. The minimum atomic E-state index is -0.962. The van der Waals surface area contributed by atoms with Gasteiger partial charge in [0.1, 0.15) is 11.4 Å². The van der Waals surface area contributed by atoms with Crippen LogP contribution in [0.4, 0.5) is 10.1 Å². The van der Waals surface area contributed by atoms with Crippen molar-refractivity contribution in [3.63, 3.8) is 0 Å². The molecule has 1 aliphatic rings. The van der Waals surface area contributed by atoms with Crippen LogP contribution in [0.25, 0.3) is 0 Å². The molecule has 1 N–H and O–H groups in total. The first-order valence-electron chi connectivity index (χ1n) is 6.64. The average Bonchev–Trinajstić information content (AvgIpc) is 2.47. The zero-order valence-electron chi connectivity index (χ0n) is 11.3. The zero-order valence-corrected chi connectivity index (χ0v) is 11.3. The molecule has 6 nitrogen and oxygen atoms in total. The highest BCUT2D eigenvalue weighted by Crippen LogP contribution is 2.28. The zero-order chi connectivity index (χ0) is 15.5. The van der Waals surface area contributed by atoms with Crippen molar-refractivity contribution in [2.24, 2.45) is 0 Å². The van der Waals surface area contributed by atoms with Crippen LogP contribution in [0.5, 0.6) is 0 Å². The van der Waals surface area contributed by atoms with Crippen molar-refractivity contribution in [3.05, 3.63) is 39.7 Å². The molecule has 0 spiro atoms. The number of benzene rings is 1. The molecule has 0 atom stereocenters. The number of carbonyl (C=O) groups excluding carboxylic acids is 1. The monoisotopic (exact) mass is 291 g/mol. The van der Waals surface area contributed by atoms with Crippen LogP contribution >= 0.6 is 0 Å². The number of amides is 1. The highest BCUT2D eigenvalue weighted by Gasteiger charge is 2.34. The number of hydrogen-bond acceptors (Lipinski definition) is 4. The van der Waals surface area contributed by atoms with Gasteiger partial charge in [-0.2, -0.15) is 5.26 Å². The molecule has 1 aromatic rings. The number of rotatable bonds is 3. The van der Waals surface area contributed by atoms with Crippen LogP contribution in [0, 0.1) is 27.3 Å². The largest absolute Gasteiger partial charge is 0.334 e. The molecule has 0 aromatic heterocycles. The predicted octanol–water partition coefficient (Wildman–Crippen LogP) is 2.69. The molecule has 0 radical (unpaired) electrons. The maximum absolute atomic E-state index is 13.4. The molecule has 0 unspecified atom stereocenters. The molecule has 0 aliphatic heterocycles. The second kappa shape index (κ2) is 5.87. The van der Waals surface area contributed by atoms with Gasteiger partial charge in [0.05, 0.1) is 17.1 Å². The lowest BCUT2D eigenvalue weighted by atomic mass is 9.82. The minimum absolute atomic E-state index is 0.151. The highest BCUT2D eigenvalue weighted by atomic mass is 19.1. The molecule has 1 aliphatic carbocycles. The Morgan fingerprint density at radius 3 is 2.57 bits per heavy atom. The fourth-order valence-electron chi connectivity index (χ4n) is 2.52. The Morgan fingerprint density at radius 1 is 1.33 bits per heavy atom. The molecule has 1 saturated carbocycles. The van der Waals surface area contributed by atoms with E-state index in [4.69, 9.17) is 0 Å². The van der Waals surface area contributed by atoms with Crippen LogP contribution in [0.3, 0.4) is 0 Å². The Balaban J connectivity index is 2.24. The van der Waals surface area contributed by atoms with Crippen molar-refractivity contribution in [2.45, 2.75) is 37.6 Å². The predicted molar refractivity (Wildman–Crippen MR) is 71.9 cm³/mol. The molecule has 0 bridgehead atoms. The van der Waals surface area contributed by atoms with Gasteiger partial charge in [0.15, 0.2) is 0 Å². The van der Waals surface area contributed by atoms with Gasteiger partial charge >= 0.3 is 0 Å². The fourth-order valence-corrected chi connectivity index (χ4v) is 2.52. The fraction of sp³-hybridized carbons (Fsp3) is 0.429. The van der Waals surface area contributed by atoms with E-state index in [9.17, 15) is 24.6 Å². The molecular formula is C14H14FN3O3. The number of halogens is 1.